The highest BCUT2D eigenvalue weighted by atomic mass is 19.1. The Labute approximate surface area is 136 Å². The van der Waals surface area contributed by atoms with E-state index in [1.807, 2.05) is 12.2 Å². The Morgan fingerprint density at radius 2 is 2.17 bits per heavy atom. The molecule has 0 unspecified atom stereocenters. The molecule has 2 aromatic heterocycles. The fourth-order valence-electron chi connectivity index (χ4n) is 3.09. The predicted molar refractivity (Wildman–Crippen MR) is 90.4 cm³/mol. The molecule has 3 heterocycles. The van der Waals surface area contributed by atoms with Crippen LogP contribution in [0.15, 0.2) is 40.3 Å². The van der Waals surface area contributed by atoms with Crippen LogP contribution in [0.3, 0.4) is 0 Å². The Morgan fingerprint density at radius 1 is 1.33 bits per heavy atom. The van der Waals surface area contributed by atoms with Gasteiger partial charge in [0.1, 0.15) is 5.52 Å². The Morgan fingerprint density at radius 3 is 2.88 bits per heavy atom. The summed E-state index contributed by atoms with van der Waals surface area (Å²) in [7, 11) is 3.19. The molecule has 0 saturated heterocycles. The van der Waals surface area contributed by atoms with E-state index >= 15 is 0 Å². The van der Waals surface area contributed by atoms with E-state index in [2.05, 4.69) is 10.1 Å². The molecule has 122 valence electrons. The van der Waals surface area contributed by atoms with Crippen molar-refractivity contribution < 1.29 is 9.13 Å². The van der Waals surface area contributed by atoms with Crippen LogP contribution in [0.25, 0.3) is 21.8 Å². The molecule has 1 aromatic carbocycles. The highest BCUT2D eigenvalue weighted by molar-refractivity contribution is 6.07. The predicted octanol–water partition coefficient (Wildman–Crippen LogP) is 2.05. The molecular weight excluding hydrogens is 311 g/mol. The van der Waals surface area contributed by atoms with Crippen molar-refractivity contribution in [1.29, 1.82) is 0 Å². The molecule has 1 aliphatic rings. The number of aromatic nitrogens is 3. The van der Waals surface area contributed by atoms with Gasteiger partial charge in [-0.3, -0.25) is 9.79 Å². The zero-order valence-corrected chi connectivity index (χ0v) is 13.3. The van der Waals surface area contributed by atoms with Gasteiger partial charge in [-0.05, 0) is 12.1 Å². The smallest absolute Gasteiger partial charge is 0.291 e. The minimum atomic E-state index is -0.466. The summed E-state index contributed by atoms with van der Waals surface area (Å²) in [6.45, 7) is 0.962. The number of hydrogen-bond donors (Lipinski definition) is 0. The first-order chi connectivity index (χ1) is 11.6. The minimum Gasteiger partial charge on any atom is -0.494 e. The van der Waals surface area contributed by atoms with Crippen molar-refractivity contribution in [3.8, 4) is 5.75 Å². The van der Waals surface area contributed by atoms with E-state index in [4.69, 9.17) is 4.74 Å². The molecule has 0 aliphatic carbocycles. The average molecular weight is 326 g/mol. The number of halogens is 1. The number of fused-ring (bicyclic) bond motifs is 3. The van der Waals surface area contributed by atoms with Crippen molar-refractivity contribution in [3.63, 3.8) is 0 Å². The number of nitrogens with zero attached hydrogens (tertiary/aromatic N) is 4. The van der Waals surface area contributed by atoms with E-state index in [0.29, 0.717) is 29.4 Å². The third-order valence-electron chi connectivity index (χ3n) is 4.30. The molecule has 7 heteroatoms. The van der Waals surface area contributed by atoms with Gasteiger partial charge in [0.25, 0.3) is 5.56 Å². The van der Waals surface area contributed by atoms with Gasteiger partial charge in [-0.25, -0.2) is 9.07 Å². The lowest BCUT2D eigenvalue weighted by atomic mass is 10.2. The molecule has 0 saturated carbocycles. The van der Waals surface area contributed by atoms with Gasteiger partial charge in [0.2, 0.25) is 0 Å². The summed E-state index contributed by atoms with van der Waals surface area (Å²) in [5, 5.41) is 5.49. The lowest BCUT2D eigenvalue weighted by molar-refractivity contribution is 0.387. The Kier molecular flexibility index (Phi) is 3.23. The number of methoxy groups -OCH3 is 1. The number of rotatable bonds is 3. The van der Waals surface area contributed by atoms with Crippen LogP contribution in [0.1, 0.15) is 0 Å². The summed E-state index contributed by atoms with van der Waals surface area (Å²) in [6, 6.07) is 2.98. The fraction of sp³-hybridized carbons (Fsp3) is 0.235. The third kappa shape index (κ3) is 2.05. The van der Waals surface area contributed by atoms with Crippen LogP contribution in [-0.2, 0) is 13.6 Å². The van der Waals surface area contributed by atoms with Crippen molar-refractivity contribution in [2.45, 2.75) is 6.54 Å². The van der Waals surface area contributed by atoms with Crippen LogP contribution < -0.4 is 10.3 Å². The van der Waals surface area contributed by atoms with Crippen LogP contribution in [-0.4, -0.2) is 33.7 Å². The number of ether oxygens (including phenoxy) is 1. The van der Waals surface area contributed by atoms with Gasteiger partial charge in [-0.15, -0.1) is 0 Å². The molecular formula is C17H15FN4O2. The first-order valence-corrected chi connectivity index (χ1v) is 7.51. The third-order valence-corrected chi connectivity index (χ3v) is 4.30. The van der Waals surface area contributed by atoms with Gasteiger partial charge >= 0.3 is 0 Å². The molecule has 0 amide bonds. The maximum absolute atomic E-state index is 14.0. The number of aryl methyl sites for hydroxylation is 1. The molecule has 0 atom stereocenters. The van der Waals surface area contributed by atoms with Gasteiger partial charge in [-0.2, -0.15) is 5.10 Å². The van der Waals surface area contributed by atoms with E-state index in [0.717, 1.165) is 11.2 Å². The van der Waals surface area contributed by atoms with E-state index < -0.39 is 5.82 Å². The van der Waals surface area contributed by atoms with Crippen molar-refractivity contribution in [3.05, 3.63) is 46.7 Å². The lowest BCUT2D eigenvalue weighted by Gasteiger charge is -2.04. The maximum atomic E-state index is 14.0. The van der Waals surface area contributed by atoms with Gasteiger partial charge in [-0.1, -0.05) is 6.08 Å². The Bertz CT molecular complexity index is 1090. The number of hydrogen-bond acceptors (Lipinski definition) is 4. The number of benzene rings is 1. The molecule has 0 N–H and O–H groups in total. The molecule has 0 fully saturated rings. The van der Waals surface area contributed by atoms with Gasteiger partial charge < -0.3 is 9.30 Å². The van der Waals surface area contributed by atoms with Crippen LogP contribution in [0, 0.1) is 5.82 Å². The van der Waals surface area contributed by atoms with Crippen LogP contribution in [0.2, 0.25) is 0 Å². The topological polar surface area (TPSA) is 61.4 Å². The summed E-state index contributed by atoms with van der Waals surface area (Å²) in [6.07, 6.45) is 5.43. The normalized spacial score (nSPS) is 13.9. The first-order valence-electron chi connectivity index (χ1n) is 7.51. The molecule has 3 aromatic rings. The zero-order chi connectivity index (χ0) is 16.8. The lowest BCUT2D eigenvalue weighted by Crippen LogP contribution is -2.26. The van der Waals surface area contributed by atoms with Gasteiger partial charge in [0.05, 0.1) is 37.6 Å². The molecule has 6 nitrogen and oxygen atoms in total. The Balaban J connectivity index is 1.98. The van der Waals surface area contributed by atoms with Gasteiger partial charge in [0, 0.05) is 23.9 Å². The molecule has 0 spiro atoms. The van der Waals surface area contributed by atoms with Crippen molar-refractivity contribution in [2.75, 3.05) is 13.7 Å². The minimum absolute atomic E-state index is 0.145. The van der Waals surface area contributed by atoms with Crippen LogP contribution in [0.5, 0.6) is 5.75 Å². The quantitative estimate of drug-likeness (QED) is 0.740. The highest BCUT2D eigenvalue weighted by Gasteiger charge is 2.17. The van der Waals surface area contributed by atoms with E-state index in [-0.39, 0.29) is 11.3 Å². The monoisotopic (exact) mass is 326 g/mol. The molecule has 24 heavy (non-hydrogen) atoms. The first kappa shape index (κ1) is 14.6. The van der Waals surface area contributed by atoms with Crippen molar-refractivity contribution in [2.24, 2.45) is 12.0 Å². The summed E-state index contributed by atoms with van der Waals surface area (Å²) in [4.78, 5) is 17.1. The van der Waals surface area contributed by atoms with Crippen LogP contribution >= 0.6 is 0 Å². The van der Waals surface area contributed by atoms with Gasteiger partial charge in [0.15, 0.2) is 11.6 Å². The summed E-state index contributed by atoms with van der Waals surface area (Å²) in [5.74, 6) is -0.320. The zero-order valence-electron chi connectivity index (χ0n) is 13.3. The van der Waals surface area contributed by atoms with E-state index in [9.17, 15) is 9.18 Å². The second-order valence-corrected chi connectivity index (χ2v) is 5.67. The second-order valence-electron chi connectivity index (χ2n) is 5.67. The SMILES string of the molecule is COc1cc2c(cc1F)c1cnn(CC3=NCC=C3)c(=O)c1n2C. The van der Waals surface area contributed by atoms with Crippen LogP contribution in [0.4, 0.5) is 4.39 Å². The fourth-order valence-corrected chi connectivity index (χ4v) is 3.09. The van der Waals surface area contributed by atoms with Crippen molar-refractivity contribution >= 4 is 27.5 Å². The van der Waals surface area contributed by atoms with E-state index in [1.54, 1.807) is 23.9 Å². The standard InChI is InChI=1S/C17H15FN4O2/c1-21-14-7-15(24-2)13(18)6-11(14)12-8-20-22(17(23)16(12)21)9-10-4-3-5-19-10/h3-4,6-8H,5,9H2,1-2H3. The number of allylic oxidation sites excluding steroid dienone is 1. The van der Waals surface area contributed by atoms with Crippen molar-refractivity contribution in [1.82, 2.24) is 14.3 Å². The molecule has 1 aliphatic heterocycles. The summed E-state index contributed by atoms with van der Waals surface area (Å²) < 4.78 is 22.2. The summed E-state index contributed by atoms with van der Waals surface area (Å²) >= 11 is 0. The van der Waals surface area contributed by atoms with E-state index in [1.165, 1.54) is 17.9 Å². The molecule has 0 radical (unpaired) electrons. The molecule has 4 rings (SSSR count). The summed E-state index contributed by atoms with van der Waals surface area (Å²) in [5.41, 5.74) is 1.79. The largest absolute Gasteiger partial charge is 0.494 e. The maximum Gasteiger partial charge on any atom is 0.291 e. The number of aliphatic imine (C=N–C) groups is 1. The highest BCUT2D eigenvalue weighted by Crippen LogP contribution is 2.30. The molecule has 0 bridgehead atoms. The Hall–Kier alpha value is -2.96. The second kappa shape index (κ2) is 5.30. The average Bonchev–Trinajstić information content (AvgIpc) is 3.17.